The quantitative estimate of drug-likeness (QED) is 0.119. The maximum atomic E-state index is 13.4. The summed E-state index contributed by atoms with van der Waals surface area (Å²) in [5, 5.41) is 13.1. The lowest BCUT2D eigenvalue weighted by Crippen LogP contribution is -2.17. The summed E-state index contributed by atoms with van der Waals surface area (Å²) in [4.78, 5) is 4.27. The van der Waals surface area contributed by atoms with Crippen molar-refractivity contribution >= 4 is 50.6 Å². The van der Waals surface area contributed by atoms with Crippen molar-refractivity contribution in [3.05, 3.63) is 93.2 Å². The molecule has 0 aliphatic rings. The first-order valence-corrected chi connectivity index (χ1v) is 11.4. The van der Waals surface area contributed by atoms with Gasteiger partial charge in [0.1, 0.15) is 5.82 Å². The Morgan fingerprint density at radius 1 is 0.914 bits per heavy atom. The molecule has 3 nitrogen and oxygen atoms in total. The van der Waals surface area contributed by atoms with Crippen molar-refractivity contribution in [2.45, 2.75) is 25.1 Å². The van der Waals surface area contributed by atoms with Crippen molar-refractivity contribution < 1.29 is 22.7 Å². The van der Waals surface area contributed by atoms with Crippen molar-refractivity contribution in [3.63, 3.8) is 0 Å². The number of aliphatic imine (C=N–C) groups is 1. The fourth-order valence-corrected chi connectivity index (χ4v) is 4.56. The summed E-state index contributed by atoms with van der Waals surface area (Å²) in [5.74, 6) is -0.144. The third-order valence-electron chi connectivity index (χ3n) is 5.73. The van der Waals surface area contributed by atoms with Crippen LogP contribution in [0.3, 0.4) is 0 Å². The first-order chi connectivity index (χ1) is 16.5. The van der Waals surface area contributed by atoms with Gasteiger partial charge in [-0.05, 0) is 76.2 Å². The van der Waals surface area contributed by atoms with E-state index < -0.39 is 17.8 Å². The number of benzene rings is 4. The molecule has 0 spiro atoms. The van der Waals surface area contributed by atoms with Gasteiger partial charge in [0.05, 0.1) is 17.5 Å². The van der Waals surface area contributed by atoms with Gasteiger partial charge in [-0.1, -0.05) is 41.4 Å². The Balaban J connectivity index is 1.68. The van der Waals surface area contributed by atoms with Gasteiger partial charge in [-0.2, -0.15) is 13.2 Å². The van der Waals surface area contributed by atoms with Crippen molar-refractivity contribution in [1.82, 2.24) is 0 Å². The Morgan fingerprint density at radius 3 is 2.29 bits per heavy atom. The first kappa shape index (κ1) is 25.2. The number of nitrogens with two attached hydrogens (primary N) is 1. The van der Waals surface area contributed by atoms with Gasteiger partial charge in [0, 0.05) is 28.4 Å². The summed E-state index contributed by atoms with van der Waals surface area (Å²) in [6.45, 7) is 0.335. The number of hydrogen-bond acceptors (Lipinski definition) is 2. The summed E-state index contributed by atoms with van der Waals surface area (Å²) in [5.41, 5.74) is 6.47. The molecule has 0 bridgehead atoms. The molecule has 3 N–H and O–H groups in total. The van der Waals surface area contributed by atoms with Crippen LogP contribution < -0.4 is 5.73 Å². The maximum Gasteiger partial charge on any atom is 0.416 e. The Labute approximate surface area is 208 Å². The van der Waals surface area contributed by atoms with Gasteiger partial charge in [0.2, 0.25) is 0 Å². The van der Waals surface area contributed by atoms with Crippen LogP contribution in [0.4, 0.5) is 17.6 Å². The van der Waals surface area contributed by atoms with Crippen molar-refractivity contribution in [2.75, 3.05) is 6.54 Å². The number of aliphatic hydroxyl groups is 1. The van der Waals surface area contributed by atoms with Crippen LogP contribution in [0.15, 0.2) is 65.7 Å². The van der Waals surface area contributed by atoms with Crippen LogP contribution in [0.25, 0.3) is 21.5 Å². The summed E-state index contributed by atoms with van der Waals surface area (Å²) in [6.07, 6.45) is -5.18. The minimum Gasteiger partial charge on any atom is -0.388 e. The highest BCUT2D eigenvalue weighted by Crippen LogP contribution is 2.40. The zero-order chi connectivity index (χ0) is 25.3. The highest BCUT2D eigenvalue weighted by atomic mass is 35.5. The van der Waals surface area contributed by atoms with Crippen LogP contribution in [-0.4, -0.2) is 17.5 Å². The lowest BCUT2D eigenvalue weighted by Gasteiger charge is -2.18. The number of nitrogens with zero attached hydrogens (tertiary/aromatic N) is 1. The molecular weight excluding hydrogens is 503 g/mol. The fourth-order valence-electron chi connectivity index (χ4n) is 4.01. The van der Waals surface area contributed by atoms with Crippen molar-refractivity contribution in [1.29, 1.82) is 0 Å². The van der Waals surface area contributed by atoms with E-state index >= 15 is 0 Å². The second-order valence-corrected chi connectivity index (χ2v) is 9.02. The predicted molar refractivity (Wildman–Crippen MR) is 133 cm³/mol. The Kier molecular flexibility index (Phi) is 7.22. The van der Waals surface area contributed by atoms with E-state index in [4.69, 9.17) is 28.9 Å². The number of alkyl halides is 3. The number of amidine groups is 1. The van der Waals surface area contributed by atoms with Crippen LogP contribution >= 0.6 is 23.2 Å². The summed E-state index contributed by atoms with van der Waals surface area (Å²) >= 11 is 12.5. The van der Waals surface area contributed by atoms with Crippen LogP contribution in [0.5, 0.6) is 0 Å². The molecule has 0 aliphatic heterocycles. The molecule has 0 saturated heterocycles. The smallest absolute Gasteiger partial charge is 0.388 e. The standard InChI is InChI=1S/C26H20Cl2F4N2O/c27-16-10-20-19-9-15(26(30,31)32)3-6-18(19)22(12-21(20)23(28)11-16)24(35)13-25(33)34-8-7-14-1-4-17(29)5-2-14/h1-6,9-12,24,35H,7-8,13H2,(H2,33,34). The van der Waals surface area contributed by atoms with Gasteiger partial charge in [0.15, 0.2) is 0 Å². The average Bonchev–Trinajstić information content (AvgIpc) is 2.79. The Morgan fingerprint density at radius 2 is 1.60 bits per heavy atom. The van der Waals surface area contributed by atoms with Crippen LogP contribution in [0, 0.1) is 5.82 Å². The molecular formula is C26H20Cl2F4N2O. The minimum absolute atomic E-state index is 0.0315. The molecule has 0 heterocycles. The number of hydrogen-bond donors (Lipinski definition) is 2. The van der Waals surface area contributed by atoms with E-state index in [0.717, 1.165) is 17.7 Å². The summed E-state index contributed by atoms with van der Waals surface area (Å²) in [6, 6.07) is 14.0. The molecule has 1 atom stereocenters. The largest absolute Gasteiger partial charge is 0.416 e. The predicted octanol–water partition coefficient (Wildman–Crippen LogP) is 7.48. The molecule has 0 aliphatic carbocycles. The lowest BCUT2D eigenvalue weighted by molar-refractivity contribution is -0.137. The van der Waals surface area contributed by atoms with E-state index in [2.05, 4.69) is 4.99 Å². The zero-order valence-electron chi connectivity index (χ0n) is 18.2. The van der Waals surface area contributed by atoms with Gasteiger partial charge in [-0.15, -0.1) is 0 Å². The van der Waals surface area contributed by atoms with Crippen LogP contribution in [0.1, 0.15) is 29.2 Å². The summed E-state index contributed by atoms with van der Waals surface area (Å²) < 4.78 is 53.3. The molecule has 4 aromatic rings. The molecule has 0 fully saturated rings. The van der Waals surface area contributed by atoms with E-state index in [1.165, 1.54) is 24.3 Å². The van der Waals surface area contributed by atoms with E-state index in [9.17, 15) is 22.7 Å². The second kappa shape index (κ2) is 10.0. The van der Waals surface area contributed by atoms with Gasteiger partial charge in [-0.3, -0.25) is 4.99 Å². The second-order valence-electron chi connectivity index (χ2n) is 8.18. The van der Waals surface area contributed by atoms with E-state index in [-0.39, 0.29) is 33.5 Å². The van der Waals surface area contributed by atoms with Gasteiger partial charge in [0.25, 0.3) is 0 Å². The van der Waals surface area contributed by atoms with Gasteiger partial charge in [-0.25, -0.2) is 4.39 Å². The molecule has 1 unspecified atom stereocenters. The van der Waals surface area contributed by atoms with Crippen LogP contribution in [0.2, 0.25) is 10.0 Å². The lowest BCUT2D eigenvalue weighted by atomic mass is 9.92. The third kappa shape index (κ3) is 5.69. The molecule has 0 aromatic heterocycles. The van der Waals surface area contributed by atoms with Crippen LogP contribution in [-0.2, 0) is 12.6 Å². The molecule has 35 heavy (non-hydrogen) atoms. The Bertz CT molecular complexity index is 1420. The van der Waals surface area contributed by atoms with E-state index in [1.807, 2.05) is 0 Å². The van der Waals surface area contributed by atoms with Crippen molar-refractivity contribution in [2.24, 2.45) is 10.7 Å². The first-order valence-electron chi connectivity index (χ1n) is 10.7. The topological polar surface area (TPSA) is 58.6 Å². The highest BCUT2D eigenvalue weighted by molar-refractivity contribution is 6.39. The number of rotatable bonds is 6. The Hall–Kier alpha value is -2.87. The fraction of sp³-hybridized carbons (Fsp3) is 0.192. The van der Waals surface area contributed by atoms with Crippen molar-refractivity contribution in [3.8, 4) is 0 Å². The monoisotopic (exact) mass is 522 g/mol. The number of halogens is 6. The molecule has 0 saturated carbocycles. The molecule has 4 rings (SSSR count). The van der Waals surface area contributed by atoms with E-state index in [0.29, 0.717) is 34.7 Å². The molecule has 0 radical (unpaired) electrons. The molecule has 4 aromatic carbocycles. The van der Waals surface area contributed by atoms with E-state index in [1.54, 1.807) is 24.3 Å². The SMILES string of the molecule is NC(CC(O)c1cc2c(Cl)cc(Cl)cc2c2cc(C(F)(F)F)ccc12)=NCCc1ccc(F)cc1. The molecule has 0 amide bonds. The summed E-state index contributed by atoms with van der Waals surface area (Å²) in [7, 11) is 0. The molecule has 9 heteroatoms. The number of fused-ring (bicyclic) bond motifs is 3. The maximum absolute atomic E-state index is 13.4. The van der Waals surface area contributed by atoms with Gasteiger partial charge < -0.3 is 10.8 Å². The average molecular weight is 523 g/mol. The molecule has 182 valence electrons. The zero-order valence-corrected chi connectivity index (χ0v) is 19.7. The highest BCUT2D eigenvalue weighted by Gasteiger charge is 2.31. The minimum atomic E-state index is -4.54. The third-order valence-corrected chi connectivity index (χ3v) is 6.26. The van der Waals surface area contributed by atoms with Gasteiger partial charge >= 0.3 is 6.18 Å². The number of aliphatic hydroxyl groups excluding tert-OH is 1. The normalized spacial score (nSPS) is 13.5.